The summed E-state index contributed by atoms with van der Waals surface area (Å²) in [7, 11) is 0. The van der Waals surface area contributed by atoms with Gasteiger partial charge < -0.3 is 19.9 Å². The Labute approximate surface area is 143 Å². The van der Waals surface area contributed by atoms with Gasteiger partial charge in [0.15, 0.2) is 12.4 Å². The maximum atomic E-state index is 12.8. The van der Waals surface area contributed by atoms with E-state index in [1.807, 2.05) is 0 Å². The van der Waals surface area contributed by atoms with Gasteiger partial charge in [0.2, 0.25) is 5.89 Å². The van der Waals surface area contributed by atoms with E-state index >= 15 is 0 Å². The fraction of sp³-hybridized carbons (Fsp3) is 0.412. The Hall–Kier alpha value is -2.90. The van der Waals surface area contributed by atoms with Gasteiger partial charge >= 0.3 is 0 Å². The summed E-state index contributed by atoms with van der Waals surface area (Å²) < 4.78 is 10.4. The van der Waals surface area contributed by atoms with Crippen LogP contribution in [-0.2, 0) is 10.3 Å². The van der Waals surface area contributed by atoms with Gasteiger partial charge in [0, 0.05) is 12.5 Å². The molecule has 0 saturated heterocycles. The zero-order valence-corrected chi connectivity index (χ0v) is 13.8. The van der Waals surface area contributed by atoms with Crippen LogP contribution in [0.15, 0.2) is 22.7 Å². The number of aryl methyl sites for hydroxylation is 1. The first-order valence-electron chi connectivity index (χ1n) is 8.26. The lowest BCUT2D eigenvalue weighted by atomic mass is 9.95. The van der Waals surface area contributed by atoms with Crippen molar-refractivity contribution in [1.82, 2.24) is 15.5 Å². The number of hydrogen-bond donors (Lipinski definition) is 2. The summed E-state index contributed by atoms with van der Waals surface area (Å²) in [5.74, 6) is 1.07. The molecule has 1 aliphatic heterocycles. The Kier molecular flexibility index (Phi) is 3.67. The molecule has 0 unspecified atom stereocenters. The van der Waals surface area contributed by atoms with Crippen molar-refractivity contribution in [2.45, 2.75) is 38.1 Å². The van der Waals surface area contributed by atoms with Crippen LogP contribution in [0.1, 0.15) is 47.8 Å². The monoisotopic (exact) mass is 342 g/mol. The van der Waals surface area contributed by atoms with Crippen molar-refractivity contribution in [2.75, 3.05) is 11.9 Å². The normalized spacial score (nSPS) is 18.2. The van der Waals surface area contributed by atoms with Crippen LogP contribution in [0, 0.1) is 6.92 Å². The largest absolute Gasteiger partial charge is 0.482 e. The molecule has 0 bridgehead atoms. The number of rotatable bonds is 3. The van der Waals surface area contributed by atoms with Gasteiger partial charge in [-0.3, -0.25) is 9.59 Å². The number of carbonyl (C=O) groups is 2. The molecule has 0 atom stereocenters. The van der Waals surface area contributed by atoms with E-state index in [2.05, 4.69) is 20.8 Å². The topological polar surface area (TPSA) is 106 Å². The highest BCUT2D eigenvalue weighted by atomic mass is 16.5. The van der Waals surface area contributed by atoms with E-state index in [0.29, 0.717) is 28.7 Å². The van der Waals surface area contributed by atoms with Crippen molar-refractivity contribution < 1.29 is 18.8 Å². The number of fused-ring (bicyclic) bond motifs is 1. The Morgan fingerprint density at radius 3 is 2.84 bits per heavy atom. The van der Waals surface area contributed by atoms with Crippen molar-refractivity contribution in [3.8, 4) is 5.75 Å². The molecule has 130 valence electrons. The fourth-order valence-electron chi connectivity index (χ4n) is 3.39. The van der Waals surface area contributed by atoms with Gasteiger partial charge in [0.05, 0.1) is 5.69 Å². The molecule has 1 aromatic heterocycles. The molecule has 2 amide bonds. The van der Waals surface area contributed by atoms with Gasteiger partial charge in [-0.2, -0.15) is 4.98 Å². The molecule has 1 saturated carbocycles. The van der Waals surface area contributed by atoms with Gasteiger partial charge in [-0.05, 0) is 31.0 Å². The summed E-state index contributed by atoms with van der Waals surface area (Å²) in [6.45, 7) is 1.71. The summed E-state index contributed by atoms with van der Waals surface area (Å²) in [6, 6.07) is 4.98. The third-order valence-corrected chi connectivity index (χ3v) is 4.64. The van der Waals surface area contributed by atoms with Crippen molar-refractivity contribution in [3.05, 3.63) is 35.5 Å². The van der Waals surface area contributed by atoms with E-state index in [-0.39, 0.29) is 18.4 Å². The standard InChI is InChI=1S/C17H18N4O4/c1-10-18-16(21-25-10)17(6-2-3-7-17)20-15(23)11-4-5-13-12(8-11)19-14(22)9-24-13/h4-5,8H,2-3,6-7,9H2,1H3,(H,19,22)(H,20,23). The average Bonchev–Trinajstić information content (AvgIpc) is 3.24. The van der Waals surface area contributed by atoms with Crippen LogP contribution in [0.25, 0.3) is 0 Å². The van der Waals surface area contributed by atoms with Gasteiger partial charge in [-0.1, -0.05) is 18.0 Å². The van der Waals surface area contributed by atoms with E-state index in [1.54, 1.807) is 25.1 Å². The number of nitrogens with zero attached hydrogens (tertiary/aromatic N) is 2. The van der Waals surface area contributed by atoms with Crippen molar-refractivity contribution in [3.63, 3.8) is 0 Å². The van der Waals surface area contributed by atoms with Crippen LogP contribution in [0.2, 0.25) is 0 Å². The molecule has 0 radical (unpaired) electrons. The summed E-state index contributed by atoms with van der Waals surface area (Å²) in [5, 5.41) is 9.81. The number of benzene rings is 1. The number of ether oxygens (including phenoxy) is 1. The summed E-state index contributed by atoms with van der Waals surface area (Å²) in [6.07, 6.45) is 3.51. The summed E-state index contributed by atoms with van der Waals surface area (Å²) >= 11 is 0. The fourth-order valence-corrected chi connectivity index (χ4v) is 3.39. The third-order valence-electron chi connectivity index (χ3n) is 4.64. The molecule has 8 nitrogen and oxygen atoms in total. The predicted molar refractivity (Wildman–Crippen MR) is 87.2 cm³/mol. The molecule has 8 heteroatoms. The number of anilines is 1. The number of nitrogens with one attached hydrogen (secondary N) is 2. The molecule has 0 spiro atoms. The highest BCUT2D eigenvalue weighted by Crippen LogP contribution is 2.38. The number of amides is 2. The van der Waals surface area contributed by atoms with Gasteiger partial charge in [-0.25, -0.2) is 0 Å². The first-order chi connectivity index (χ1) is 12.1. The predicted octanol–water partition coefficient (Wildman–Crippen LogP) is 1.91. The number of hydrogen-bond acceptors (Lipinski definition) is 6. The Bertz CT molecular complexity index is 839. The molecule has 2 aliphatic rings. The van der Waals surface area contributed by atoms with Crippen LogP contribution >= 0.6 is 0 Å². The van der Waals surface area contributed by atoms with Gasteiger partial charge in [-0.15, -0.1) is 0 Å². The van der Waals surface area contributed by atoms with Crippen molar-refractivity contribution in [1.29, 1.82) is 0 Å². The van der Waals surface area contributed by atoms with E-state index in [0.717, 1.165) is 25.7 Å². The van der Waals surface area contributed by atoms with Crippen LogP contribution in [0.3, 0.4) is 0 Å². The summed E-state index contributed by atoms with van der Waals surface area (Å²) in [4.78, 5) is 28.6. The summed E-state index contributed by atoms with van der Waals surface area (Å²) in [5.41, 5.74) is 0.334. The van der Waals surface area contributed by atoms with Crippen molar-refractivity contribution >= 4 is 17.5 Å². The lowest BCUT2D eigenvalue weighted by Gasteiger charge is -2.27. The molecular formula is C17H18N4O4. The lowest BCUT2D eigenvalue weighted by Crippen LogP contribution is -2.44. The van der Waals surface area contributed by atoms with E-state index in [1.165, 1.54) is 0 Å². The van der Waals surface area contributed by atoms with E-state index < -0.39 is 5.54 Å². The maximum Gasteiger partial charge on any atom is 0.262 e. The second-order valence-electron chi connectivity index (χ2n) is 6.43. The average molecular weight is 342 g/mol. The molecule has 2 N–H and O–H groups in total. The highest BCUT2D eigenvalue weighted by Gasteiger charge is 2.41. The second-order valence-corrected chi connectivity index (χ2v) is 6.43. The molecule has 1 aliphatic carbocycles. The smallest absolute Gasteiger partial charge is 0.262 e. The SMILES string of the molecule is Cc1nc(C2(NC(=O)c3ccc4c(c3)NC(=O)CO4)CCCC2)no1. The Morgan fingerprint density at radius 2 is 2.12 bits per heavy atom. The van der Waals surface area contributed by atoms with Crippen LogP contribution in [-0.4, -0.2) is 28.6 Å². The lowest BCUT2D eigenvalue weighted by molar-refractivity contribution is -0.118. The van der Waals surface area contributed by atoms with E-state index in [4.69, 9.17) is 9.26 Å². The first-order valence-corrected chi connectivity index (χ1v) is 8.26. The van der Waals surface area contributed by atoms with Gasteiger partial charge in [0.25, 0.3) is 11.8 Å². The van der Waals surface area contributed by atoms with Crippen LogP contribution in [0.4, 0.5) is 5.69 Å². The maximum absolute atomic E-state index is 12.8. The molecule has 4 rings (SSSR count). The minimum absolute atomic E-state index is 0.0150. The molecule has 1 aromatic carbocycles. The molecular weight excluding hydrogens is 324 g/mol. The number of carbonyl (C=O) groups excluding carboxylic acids is 2. The first kappa shape index (κ1) is 15.6. The van der Waals surface area contributed by atoms with Crippen molar-refractivity contribution in [2.24, 2.45) is 0 Å². The van der Waals surface area contributed by atoms with Gasteiger partial charge in [0.1, 0.15) is 11.3 Å². The molecule has 1 fully saturated rings. The van der Waals surface area contributed by atoms with Crippen LogP contribution in [0.5, 0.6) is 5.75 Å². The van der Waals surface area contributed by atoms with Crippen LogP contribution < -0.4 is 15.4 Å². The second kappa shape index (κ2) is 5.87. The zero-order valence-electron chi connectivity index (χ0n) is 13.8. The molecule has 2 heterocycles. The third kappa shape index (κ3) is 2.84. The zero-order chi connectivity index (χ0) is 17.4. The quantitative estimate of drug-likeness (QED) is 0.882. The van der Waals surface area contributed by atoms with E-state index in [9.17, 15) is 9.59 Å². The molecule has 25 heavy (non-hydrogen) atoms. The number of aromatic nitrogens is 2. The Balaban J connectivity index is 1.60. The minimum Gasteiger partial charge on any atom is -0.482 e. The minimum atomic E-state index is -0.607. The molecule has 2 aromatic rings. The Morgan fingerprint density at radius 1 is 1.32 bits per heavy atom. The highest BCUT2D eigenvalue weighted by molar-refractivity contribution is 6.00.